The minimum Gasteiger partial charge on any atom is -0.389 e. The average molecular weight is 293 g/mol. The van der Waals surface area contributed by atoms with Crippen LogP contribution in [-0.4, -0.2) is 47.2 Å². The van der Waals surface area contributed by atoms with Crippen molar-refractivity contribution >= 4 is 11.4 Å². The number of nitro groups is 1. The van der Waals surface area contributed by atoms with Crippen LogP contribution in [0.1, 0.15) is 32.4 Å². The molecule has 1 aromatic rings. The van der Waals surface area contributed by atoms with E-state index in [2.05, 4.69) is 30.7 Å². The first-order valence-corrected chi connectivity index (χ1v) is 7.24. The highest BCUT2D eigenvalue weighted by atomic mass is 16.6. The van der Waals surface area contributed by atoms with Gasteiger partial charge in [-0.3, -0.25) is 15.0 Å². The Kier molecular flexibility index (Phi) is 4.49. The maximum absolute atomic E-state index is 11.4. The van der Waals surface area contributed by atoms with Gasteiger partial charge in [0.1, 0.15) is 5.69 Å². The van der Waals surface area contributed by atoms with Crippen molar-refractivity contribution in [1.29, 1.82) is 0 Å². The lowest BCUT2D eigenvalue weighted by Crippen LogP contribution is -2.55. The molecule has 1 aromatic carbocycles. The fourth-order valence-electron chi connectivity index (χ4n) is 2.82. The van der Waals surface area contributed by atoms with Crippen LogP contribution >= 0.6 is 0 Å². The molecule has 2 unspecified atom stereocenters. The van der Waals surface area contributed by atoms with Gasteiger partial charge in [0.25, 0.3) is 5.69 Å². The van der Waals surface area contributed by atoms with Gasteiger partial charge in [0, 0.05) is 31.2 Å². The minimum atomic E-state index is -0.705. The van der Waals surface area contributed by atoms with E-state index in [1.807, 2.05) is 0 Å². The number of piperazine rings is 1. The first kappa shape index (κ1) is 15.7. The van der Waals surface area contributed by atoms with Crippen LogP contribution in [0, 0.1) is 10.1 Å². The molecule has 2 rings (SSSR count). The van der Waals surface area contributed by atoms with Crippen LogP contribution in [0.15, 0.2) is 18.2 Å². The fraction of sp³-hybridized carbons (Fsp3) is 0.600. The number of aliphatic hydroxyl groups excluding tert-OH is 1. The van der Waals surface area contributed by atoms with Crippen molar-refractivity contribution in [2.24, 2.45) is 0 Å². The van der Waals surface area contributed by atoms with Crippen molar-refractivity contribution in [3.8, 4) is 0 Å². The molecular weight excluding hydrogens is 270 g/mol. The molecule has 116 valence electrons. The average Bonchev–Trinajstić information content (AvgIpc) is 2.43. The van der Waals surface area contributed by atoms with Crippen LogP contribution in [-0.2, 0) is 0 Å². The van der Waals surface area contributed by atoms with Gasteiger partial charge in [0.05, 0.1) is 11.0 Å². The Labute approximate surface area is 125 Å². The molecule has 6 nitrogen and oxygen atoms in total. The summed E-state index contributed by atoms with van der Waals surface area (Å²) in [6.07, 6.45) is -0.705. The number of rotatable bonds is 3. The van der Waals surface area contributed by atoms with Gasteiger partial charge in [-0.25, -0.2) is 0 Å². The smallest absolute Gasteiger partial charge is 0.292 e. The van der Waals surface area contributed by atoms with Crippen LogP contribution < -0.4 is 4.90 Å². The zero-order chi connectivity index (χ0) is 15.7. The highest BCUT2D eigenvalue weighted by Crippen LogP contribution is 2.33. The largest absolute Gasteiger partial charge is 0.389 e. The molecule has 3 atom stereocenters. The molecule has 1 aliphatic heterocycles. The van der Waals surface area contributed by atoms with E-state index in [-0.39, 0.29) is 10.6 Å². The Bertz CT molecular complexity index is 521. The first-order valence-electron chi connectivity index (χ1n) is 7.24. The van der Waals surface area contributed by atoms with Crippen molar-refractivity contribution in [1.82, 2.24) is 4.90 Å². The number of anilines is 1. The monoisotopic (exact) mass is 293 g/mol. The lowest BCUT2D eigenvalue weighted by atomic mass is 10.0. The zero-order valence-corrected chi connectivity index (χ0v) is 13.0. The second-order valence-corrected chi connectivity index (χ2v) is 5.95. The third-order valence-corrected chi connectivity index (χ3v) is 4.38. The molecule has 0 spiro atoms. The third-order valence-electron chi connectivity index (χ3n) is 4.38. The molecule has 0 amide bonds. The topological polar surface area (TPSA) is 69.8 Å². The SMILES string of the molecule is CC1CN(c2ccc([C@H](C)O)cc2[N+](=O)[O-])CC(C)N1C. The lowest BCUT2D eigenvalue weighted by Gasteiger charge is -2.43. The van der Waals surface area contributed by atoms with Crippen molar-refractivity contribution in [3.05, 3.63) is 33.9 Å². The van der Waals surface area contributed by atoms with Gasteiger partial charge in [0.15, 0.2) is 0 Å². The summed E-state index contributed by atoms with van der Waals surface area (Å²) in [5.41, 5.74) is 1.27. The second-order valence-electron chi connectivity index (χ2n) is 5.95. The van der Waals surface area contributed by atoms with Gasteiger partial charge in [-0.2, -0.15) is 0 Å². The van der Waals surface area contributed by atoms with Crippen LogP contribution in [0.2, 0.25) is 0 Å². The maximum atomic E-state index is 11.4. The maximum Gasteiger partial charge on any atom is 0.292 e. The number of aliphatic hydroxyl groups is 1. The Balaban J connectivity index is 2.37. The highest BCUT2D eigenvalue weighted by Gasteiger charge is 2.30. The fourth-order valence-corrected chi connectivity index (χ4v) is 2.82. The van der Waals surface area contributed by atoms with E-state index in [1.165, 1.54) is 6.07 Å². The number of benzene rings is 1. The van der Waals surface area contributed by atoms with E-state index in [0.717, 1.165) is 13.1 Å². The summed E-state index contributed by atoms with van der Waals surface area (Å²) in [6.45, 7) is 7.38. The number of hydrogen-bond donors (Lipinski definition) is 1. The van der Waals surface area contributed by atoms with Gasteiger partial charge < -0.3 is 10.0 Å². The second kappa shape index (κ2) is 5.99. The number of likely N-dealkylation sites (N-methyl/N-ethyl adjacent to an activating group) is 1. The predicted octanol–water partition coefficient (Wildman–Crippen LogP) is 2.18. The minimum absolute atomic E-state index is 0.0670. The summed E-state index contributed by atoms with van der Waals surface area (Å²) in [5.74, 6) is 0. The molecule has 1 N–H and O–H groups in total. The normalized spacial score (nSPS) is 24.9. The van der Waals surface area contributed by atoms with Crippen LogP contribution in [0.4, 0.5) is 11.4 Å². The van der Waals surface area contributed by atoms with Crippen molar-refractivity contribution in [3.63, 3.8) is 0 Å². The Morgan fingerprint density at radius 2 is 1.90 bits per heavy atom. The quantitative estimate of drug-likeness (QED) is 0.683. The molecule has 0 aliphatic carbocycles. The molecule has 0 aromatic heterocycles. The van der Waals surface area contributed by atoms with E-state index in [0.29, 0.717) is 23.3 Å². The Morgan fingerprint density at radius 1 is 1.33 bits per heavy atom. The van der Waals surface area contributed by atoms with E-state index >= 15 is 0 Å². The molecule has 6 heteroatoms. The highest BCUT2D eigenvalue weighted by molar-refractivity contribution is 5.65. The van der Waals surface area contributed by atoms with Crippen molar-refractivity contribution in [2.45, 2.75) is 39.0 Å². The van der Waals surface area contributed by atoms with Gasteiger partial charge in [-0.1, -0.05) is 6.07 Å². The van der Waals surface area contributed by atoms with Crippen LogP contribution in [0.3, 0.4) is 0 Å². The van der Waals surface area contributed by atoms with Crippen molar-refractivity contribution < 1.29 is 10.0 Å². The number of nitro benzene ring substituents is 1. The van der Waals surface area contributed by atoms with E-state index < -0.39 is 6.10 Å². The molecule has 1 saturated heterocycles. The molecule has 21 heavy (non-hydrogen) atoms. The summed E-state index contributed by atoms with van der Waals surface area (Å²) >= 11 is 0. The van der Waals surface area contributed by atoms with E-state index in [9.17, 15) is 15.2 Å². The number of nitrogens with zero attached hydrogens (tertiary/aromatic N) is 3. The lowest BCUT2D eigenvalue weighted by molar-refractivity contribution is -0.384. The van der Waals surface area contributed by atoms with Gasteiger partial charge in [0.2, 0.25) is 0 Å². The Hall–Kier alpha value is -1.66. The summed E-state index contributed by atoms with van der Waals surface area (Å²) < 4.78 is 0. The zero-order valence-electron chi connectivity index (χ0n) is 13.0. The van der Waals surface area contributed by atoms with E-state index in [1.54, 1.807) is 19.1 Å². The first-order chi connectivity index (χ1) is 9.81. The summed E-state index contributed by atoms with van der Waals surface area (Å²) in [6, 6.07) is 5.67. The predicted molar refractivity (Wildman–Crippen MR) is 82.6 cm³/mol. The molecular formula is C15H23N3O3. The van der Waals surface area contributed by atoms with Gasteiger partial charge in [-0.05, 0) is 39.4 Å². The molecule has 1 heterocycles. The van der Waals surface area contributed by atoms with Gasteiger partial charge >= 0.3 is 0 Å². The summed E-state index contributed by atoms with van der Waals surface area (Å²) in [7, 11) is 2.08. The molecule has 0 radical (unpaired) electrons. The Morgan fingerprint density at radius 3 is 2.38 bits per heavy atom. The molecule has 0 bridgehead atoms. The third kappa shape index (κ3) is 3.16. The van der Waals surface area contributed by atoms with Crippen molar-refractivity contribution in [2.75, 3.05) is 25.0 Å². The summed E-state index contributed by atoms with van der Waals surface area (Å²) in [4.78, 5) is 15.3. The van der Waals surface area contributed by atoms with Gasteiger partial charge in [-0.15, -0.1) is 0 Å². The van der Waals surface area contributed by atoms with E-state index in [4.69, 9.17) is 0 Å². The number of hydrogen-bond acceptors (Lipinski definition) is 5. The molecule has 0 saturated carbocycles. The van der Waals surface area contributed by atoms with Crippen LogP contribution in [0.5, 0.6) is 0 Å². The molecule has 1 aliphatic rings. The van der Waals surface area contributed by atoms with Crippen LogP contribution in [0.25, 0.3) is 0 Å². The summed E-state index contributed by atoms with van der Waals surface area (Å²) in [5, 5.41) is 21.0. The standard InChI is InChI=1S/C15H23N3O3/c1-10-8-17(9-11(2)16(10)4)14-6-5-13(12(3)19)7-15(14)18(20)21/h5-7,10-12,19H,8-9H2,1-4H3/t10?,11?,12-/m0/s1. The molecule has 1 fully saturated rings.